The molecular weight excluding hydrogens is 402 g/mol. The number of hydrogen-bond donors (Lipinski definition) is 1. The number of morpholine rings is 1. The van der Waals surface area contributed by atoms with E-state index in [0.717, 1.165) is 38.2 Å². The first-order valence-corrected chi connectivity index (χ1v) is 11.6. The summed E-state index contributed by atoms with van der Waals surface area (Å²) in [4.78, 5) is 29.3. The SMILES string of the molecule is C[C@H]1CN(Cc2cccc(CNC(=O)[C@@H]3CC(=O)N(CCc4ccccc4)C3)c2)CCO1. The van der Waals surface area contributed by atoms with Gasteiger partial charge in [-0.15, -0.1) is 0 Å². The van der Waals surface area contributed by atoms with Crippen LogP contribution in [0, 0.1) is 5.92 Å². The van der Waals surface area contributed by atoms with Crippen molar-refractivity contribution < 1.29 is 14.3 Å². The third-order valence-corrected chi connectivity index (χ3v) is 6.29. The van der Waals surface area contributed by atoms with Gasteiger partial charge >= 0.3 is 0 Å². The van der Waals surface area contributed by atoms with Crippen LogP contribution >= 0.6 is 0 Å². The Bertz CT molecular complexity index is 918. The summed E-state index contributed by atoms with van der Waals surface area (Å²) in [6, 6.07) is 18.5. The van der Waals surface area contributed by atoms with E-state index in [0.29, 0.717) is 26.1 Å². The quantitative estimate of drug-likeness (QED) is 0.693. The number of benzene rings is 2. The average Bonchev–Trinajstić information content (AvgIpc) is 3.18. The van der Waals surface area contributed by atoms with Crippen LogP contribution in [-0.4, -0.2) is 60.5 Å². The van der Waals surface area contributed by atoms with Gasteiger partial charge in [0.2, 0.25) is 11.8 Å². The molecule has 2 aliphatic heterocycles. The van der Waals surface area contributed by atoms with Gasteiger partial charge in [-0.1, -0.05) is 54.6 Å². The van der Waals surface area contributed by atoms with Crippen molar-refractivity contribution in [3.05, 3.63) is 71.3 Å². The maximum Gasteiger partial charge on any atom is 0.225 e. The van der Waals surface area contributed by atoms with Crippen molar-refractivity contribution in [3.8, 4) is 0 Å². The minimum atomic E-state index is -0.267. The number of amides is 2. The molecular formula is C26H33N3O3. The summed E-state index contributed by atoms with van der Waals surface area (Å²) in [5.74, 6) is -0.230. The van der Waals surface area contributed by atoms with Crippen LogP contribution in [0.4, 0.5) is 0 Å². The highest BCUT2D eigenvalue weighted by Crippen LogP contribution is 2.19. The summed E-state index contributed by atoms with van der Waals surface area (Å²) in [5.41, 5.74) is 3.54. The molecule has 2 aliphatic rings. The fraction of sp³-hybridized carbons (Fsp3) is 0.462. The number of ether oxygens (including phenoxy) is 1. The molecule has 0 bridgehead atoms. The first kappa shape index (κ1) is 22.5. The van der Waals surface area contributed by atoms with E-state index in [1.807, 2.05) is 35.2 Å². The number of nitrogens with one attached hydrogen (secondary N) is 1. The average molecular weight is 436 g/mol. The van der Waals surface area contributed by atoms with Crippen LogP contribution in [0.25, 0.3) is 0 Å². The largest absolute Gasteiger partial charge is 0.376 e. The van der Waals surface area contributed by atoms with Crippen LogP contribution in [0.3, 0.4) is 0 Å². The van der Waals surface area contributed by atoms with E-state index < -0.39 is 0 Å². The van der Waals surface area contributed by atoms with Gasteiger partial charge in [-0.05, 0) is 30.0 Å². The zero-order valence-electron chi connectivity index (χ0n) is 18.8. The highest BCUT2D eigenvalue weighted by Gasteiger charge is 2.33. The third kappa shape index (κ3) is 6.17. The highest BCUT2D eigenvalue weighted by atomic mass is 16.5. The molecule has 2 aromatic rings. The maximum atomic E-state index is 12.7. The molecule has 6 heteroatoms. The van der Waals surface area contributed by atoms with E-state index in [1.165, 1.54) is 11.1 Å². The Morgan fingerprint density at radius 3 is 2.66 bits per heavy atom. The fourth-order valence-corrected chi connectivity index (χ4v) is 4.54. The lowest BCUT2D eigenvalue weighted by Gasteiger charge is -2.31. The molecule has 170 valence electrons. The van der Waals surface area contributed by atoms with Crippen molar-refractivity contribution in [3.63, 3.8) is 0 Å². The van der Waals surface area contributed by atoms with Crippen LogP contribution in [-0.2, 0) is 33.8 Å². The number of carbonyl (C=O) groups excluding carboxylic acids is 2. The van der Waals surface area contributed by atoms with Crippen LogP contribution in [0.2, 0.25) is 0 Å². The predicted octanol–water partition coefficient (Wildman–Crippen LogP) is 2.61. The first-order chi connectivity index (χ1) is 15.6. The molecule has 2 saturated heterocycles. The molecule has 1 N–H and O–H groups in total. The minimum Gasteiger partial charge on any atom is -0.376 e. The van der Waals surface area contributed by atoms with E-state index in [-0.39, 0.29) is 23.8 Å². The molecule has 0 saturated carbocycles. The highest BCUT2D eigenvalue weighted by molar-refractivity contribution is 5.89. The van der Waals surface area contributed by atoms with Crippen molar-refractivity contribution in [2.75, 3.05) is 32.8 Å². The van der Waals surface area contributed by atoms with Gasteiger partial charge in [0.1, 0.15) is 0 Å². The second-order valence-corrected chi connectivity index (χ2v) is 8.93. The molecule has 2 amide bonds. The summed E-state index contributed by atoms with van der Waals surface area (Å²) in [6.07, 6.45) is 1.39. The van der Waals surface area contributed by atoms with E-state index in [1.54, 1.807) is 0 Å². The predicted molar refractivity (Wildman–Crippen MR) is 124 cm³/mol. The molecule has 0 unspecified atom stereocenters. The fourth-order valence-electron chi connectivity index (χ4n) is 4.54. The molecule has 6 nitrogen and oxygen atoms in total. The van der Waals surface area contributed by atoms with Crippen molar-refractivity contribution in [2.45, 2.75) is 39.0 Å². The molecule has 2 aromatic carbocycles. The van der Waals surface area contributed by atoms with Gasteiger partial charge in [-0.3, -0.25) is 14.5 Å². The molecule has 2 atom stereocenters. The molecule has 0 radical (unpaired) electrons. The number of hydrogen-bond acceptors (Lipinski definition) is 4. The molecule has 0 aromatic heterocycles. The molecule has 4 rings (SSSR count). The Morgan fingerprint density at radius 1 is 1.06 bits per heavy atom. The first-order valence-electron chi connectivity index (χ1n) is 11.6. The maximum absolute atomic E-state index is 12.7. The zero-order valence-corrected chi connectivity index (χ0v) is 18.8. The molecule has 2 heterocycles. The van der Waals surface area contributed by atoms with E-state index in [2.05, 4.69) is 41.4 Å². The Hall–Kier alpha value is -2.70. The normalized spacial score (nSPS) is 21.7. The molecule has 0 aliphatic carbocycles. The number of carbonyl (C=O) groups is 2. The van der Waals surface area contributed by atoms with Gasteiger partial charge in [-0.2, -0.15) is 0 Å². The Kier molecular flexibility index (Phi) is 7.55. The standard InChI is InChI=1S/C26H33N3O3/c1-20-17-28(12-13-32-20)18-23-9-5-8-22(14-23)16-27-26(31)24-15-25(30)29(19-24)11-10-21-6-3-2-4-7-21/h2-9,14,20,24H,10-13,15-19H2,1H3,(H,27,31)/t20-,24+/m0/s1. The zero-order chi connectivity index (χ0) is 22.3. The number of nitrogens with zero attached hydrogens (tertiary/aromatic N) is 2. The third-order valence-electron chi connectivity index (χ3n) is 6.29. The summed E-state index contributed by atoms with van der Waals surface area (Å²) in [6.45, 7) is 7.32. The Morgan fingerprint density at radius 2 is 1.84 bits per heavy atom. The van der Waals surface area contributed by atoms with Crippen LogP contribution in [0.5, 0.6) is 0 Å². The summed E-state index contributed by atoms with van der Waals surface area (Å²) in [5, 5.41) is 3.04. The van der Waals surface area contributed by atoms with E-state index in [9.17, 15) is 9.59 Å². The van der Waals surface area contributed by atoms with Crippen LogP contribution in [0.15, 0.2) is 54.6 Å². The summed E-state index contributed by atoms with van der Waals surface area (Å²) in [7, 11) is 0. The van der Waals surface area contributed by atoms with Gasteiger partial charge in [0.05, 0.1) is 18.6 Å². The topological polar surface area (TPSA) is 61.9 Å². The lowest BCUT2D eigenvalue weighted by molar-refractivity contribution is -0.129. The monoisotopic (exact) mass is 435 g/mol. The van der Waals surface area contributed by atoms with Crippen molar-refractivity contribution in [2.24, 2.45) is 5.92 Å². The molecule has 0 spiro atoms. The summed E-state index contributed by atoms with van der Waals surface area (Å²) >= 11 is 0. The van der Waals surface area contributed by atoms with Crippen LogP contribution in [0.1, 0.15) is 30.0 Å². The van der Waals surface area contributed by atoms with Crippen molar-refractivity contribution in [1.29, 1.82) is 0 Å². The van der Waals surface area contributed by atoms with Gasteiger partial charge in [0.25, 0.3) is 0 Å². The van der Waals surface area contributed by atoms with Gasteiger partial charge < -0.3 is 15.0 Å². The summed E-state index contributed by atoms with van der Waals surface area (Å²) < 4.78 is 5.62. The molecule has 2 fully saturated rings. The van der Waals surface area contributed by atoms with Gasteiger partial charge in [0, 0.05) is 45.7 Å². The second-order valence-electron chi connectivity index (χ2n) is 8.93. The Balaban J connectivity index is 1.24. The van der Waals surface area contributed by atoms with Gasteiger partial charge in [-0.25, -0.2) is 0 Å². The molecule has 32 heavy (non-hydrogen) atoms. The lowest BCUT2D eigenvalue weighted by Crippen LogP contribution is -2.40. The van der Waals surface area contributed by atoms with Crippen LogP contribution < -0.4 is 5.32 Å². The minimum absolute atomic E-state index is 0.0343. The van der Waals surface area contributed by atoms with Gasteiger partial charge in [0.15, 0.2) is 0 Å². The number of likely N-dealkylation sites (tertiary alicyclic amines) is 1. The Labute approximate surface area is 190 Å². The second kappa shape index (κ2) is 10.7. The number of rotatable bonds is 8. The van der Waals surface area contributed by atoms with Crippen molar-refractivity contribution >= 4 is 11.8 Å². The lowest BCUT2D eigenvalue weighted by atomic mass is 10.1. The van der Waals surface area contributed by atoms with Crippen molar-refractivity contribution in [1.82, 2.24) is 15.1 Å². The smallest absolute Gasteiger partial charge is 0.225 e. The van der Waals surface area contributed by atoms with E-state index >= 15 is 0 Å². The van der Waals surface area contributed by atoms with E-state index in [4.69, 9.17) is 4.74 Å².